The normalized spacial score (nSPS) is 22.8. The van der Waals surface area contributed by atoms with Crippen molar-refractivity contribution in [3.8, 4) is 22.9 Å². The highest BCUT2D eigenvalue weighted by Crippen LogP contribution is 2.54. The molecule has 164 valence electrons. The molecule has 1 aromatic carbocycles. The fourth-order valence-corrected chi connectivity index (χ4v) is 5.05. The van der Waals surface area contributed by atoms with E-state index in [0.29, 0.717) is 18.0 Å². The van der Waals surface area contributed by atoms with Crippen LogP contribution in [-0.4, -0.2) is 46.1 Å². The Morgan fingerprint density at radius 3 is 2.72 bits per heavy atom. The second kappa shape index (κ2) is 6.83. The summed E-state index contributed by atoms with van der Waals surface area (Å²) < 4.78 is 20.4. The molecule has 0 unspecified atom stereocenters. The van der Waals surface area contributed by atoms with Crippen LogP contribution in [-0.2, 0) is 6.42 Å². The number of aryl methyl sites for hydroxylation is 1. The van der Waals surface area contributed by atoms with E-state index in [1.54, 1.807) is 25.5 Å². The van der Waals surface area contributed by atoms with Gasteiger partial charge in [-0.25, -0.2) is 14.4 Å². The maximum absolute atomic E-state index is 14.4. The van der Waals surface area contributed by atoms with Gasteiger partial charge in [-0.05, 0) is 43.0 Å². The Morgan fingerprint density at radius 2 is 2.03 bits per heavy atom. The third-order valence-electron chi connectivity index (χ3n) is 6.95. The molecule has 3 aliphatic rings. The molecule has 1 saturated carbocycles. The van der Waals surface area contributed by atoms with Crippen LogP contribution in [0.2, 0.25) is 0 Å². The minimum Gasteiger partial charge on any atom is -0.421 e. The minimum atomic E-state index is -0.286. The number of rotatable bonds is 4. The molecule has 2 fully saturated rings. The van der Waals surface area contributed by atoms with Gasteiger partial charge < -0.3 is 20.7 Å². The Balaban J connectivity index is 1.46. The first kappa shape index (κ1) is 19.4. The lowest BCUT2D eigenvalue weighted by atomic mass is 10.0. The molecule has 1 spiro atoms. The molecule has 3 aromatic rings. The monoisotopic (exact) mass is 433 g/mol. The number of ether oxygens (including phenoxy) is 1. The van der Waals surface area contributed by atoms with Gasteiger partial charge in [0.2, 0.25) is 0 Å². The quantitative estimate of drug-likeness (QED) is 0.506. The zero-order chi connectivity index (χ0) is 22.0. The van der Waals surface area contributed by atoms with Crippen LogP contribution in [0.5, 0.6) is 11.8 Å². The van der Waals surface area contributed by atoms with Crippen molar-refractivity contribution in [2.24, 2.45) is 11.1 Å². The molecule has 6 rings (SSSR count). The summed E-state index contributed by atoms with van der Waals surface area (Å²) in [6.07, 6.45) is 5.87. The molecule has 2 atom stereocenters. The van der Waals surface area contributed by atoms with Crippen molar-refractivity contribution in [1.29, 1.82) is 0 Å². The summed E-state index contributed by atoms with van der Waals surface area (Å²) in [7, 11) is 1.80. The molecule has 3 heterocycles. The molecule has 2 aromatic heterocycles. The molecular formula is C23H24FN7O. The van der Waals surface area contributed by atoms with Crippen molar-refractivity contribution >= 4 is 11.5 Å². The summed E-state index contributed by atoms with van der Waals surface area (Å²) >= 11 is 0. The van der Waals surface area contributed by atoms with Crippen molar-refractivity contribution in [3.05, 3.63) is 47.4 Å². The topological polar surface area (TPSA) is 102 Å². The maximum Gasteiger partial charge on any atom is 0.324 e. The second-order valence-electron chi connectivity index (χ2n) is 8.97. The Labute approximate surface area is 185 Å². The first-order chi connectivity index (χ1) is 15.5. The van der Waals surface area contributed by atoms with Crippen LogP contribution in [0.25, 0.3) is 11.1 Å². The van der Waals surface area contributed by atoms with Gasteiger partial charge in [-0.1, -0.05) is 0 Å². The first-order valence-corrected chi connectivity index (χ1v) is 10.8. The number of aromatic nitrogens is 4. The minimum absolute atomic E-state index is 0.170. The lowest BCUT2D eigenvalue weighted by Gasteiger charge is -2.21. The fraction of sp³-hybridized carbons (Fsp3) is 0.391. The Morgan fingerprint density at radius 1 is 1.25 bits per heavy atom. The standard InChI is InChI=1S/C23H24FN7O/c1-12-27-9-14(10-28-12)32-22-29-18-7-15-16(5-13(24)6-17(15)26-2)20(18)21(30-22)31-4-3-23(11-31)8-19(23)25/h5-6,9-10,19,26H,3-4,7-8,11,25H2,1-2H3/t19-,23-/m0/s1. The number of hydrogen-bond donors (Lipinski definition) is 2. The van der Waals surface area contributed by atoms with Crippen molar-refractivity contribution in [2.45, 2.75) is 32.2 Å². The molecule has 1 saturated heterocycles. The molecule has 0 radical (unpaired) electrons. The van der Waals surface area contributed by atoms with Crippen LogP contribution >= 0.6 is 0 Å². The number of fused-ring (bicyclic) bond motifs is 3. The summed E-state index contributed by atoms with van der Waals surface area (Å²) in [5.74, 6) is 1.63. The van der Waals surface area contributed by atoms with Gasteiger partial charge in [0.1, 0.15) is 17.5 Å². The molecular weight excluding hydrogens is 409 g/mol. The van der Waals surface area contributed by atoms with Crippen molar-refractivity contribution in [3.63, 3.8) is 0 Å². The summed E-state index contributed by atoms with van der Waals surface area (Å²) in [4.78, 5) is 20.1. The summed E-state index contributed by atoms with van der Waals surface area (Å²) in [5.41, 5.74) is 10.7. The summed E-state index contributed by atoms with van der Waals surface area (Å²) in [5, 5.41) is 3.11. The van der Waals surface area contributed by atoms with Crippen LogP contribution in [0, 0.1) is 18.2 Å². The Kier molecular flexibility index (Phi) is 4.13. The van der Waals surface area contributed by atoms with E-state index in [9.17, 15) is 4.39 Å². The highest BCUT2D eigenvalue weighted by atomic mass is 19.1. The van der Waals surface area contributed by atoms with E-state index < -0.39 is 0 Å². The maximum atomic E-state index is 14.4. The van der Waals surface area contributed by atoms with Crippen molar-refractivity contribution < 1.29 is 9.13 Å². The van der Waals surface area contributed by atoms with E-state index in [-0.39, 0.29) is 23.3 Å². The van der Waals surface area contributed by atoms with E-state index in [0.717, 1.165) is 59.8 Å². The van der Waals surface area contributed by atoms with Gasteiger partial charge in [-0.2, -0.15) is 9.97 Å². The number of halogens is 1. The summed E-state index contributed by atoms with van der Waals surface area (Å²) in [6.45, 7) is 3.51. The highest BCUT2D eigenvalue weighted by molar-refractivity contribution is 5.88. The van der Waals surface area contributed by atoms with E-state index in [4.69, 9.17) is 20.4 Å². The molecule has 32 heavy (non-hydrogen) atoms. The first-order valence-electron chi connectivity index (χ1n) is 10.8. The number of nitrogens with one attached hydrogen (secondary N) is 1. The van der Waals surface area contributed by atoms with Crippen molar-refractivity contribution in [2.75, 3.05) is 30.4 Å². The fourth-order valence-electron chi connectivity index (χ4n) is 5.05. The molecule has 0 amide bonds. The molecule has 8 nitrogen and oxygen atoms in total. The second-order valence-corrected chi connectivity index (χ2v) is 8.97. The van der Waals surface area contributed by atoms with Gasteiger partial charge in [-0.3, -0.25) is 0 Å². The van der Waals surface area contributed by atoms with Gasteiger partial charge in [0.25, 0.3) is 0 Å². The average molecular weight is 433 g/mol. The zero-order valence-electron chi connectivity index (χ0n) is 18.0. The molecule has 9 heteroatoms. The van der Waals surface area contributed by atoms with Crippen molar-refractivity contribution in [1.82, 2.24) is 19.9 Å². The third kappa shape index (κ3) is 2.99. The smallest absolute Gasteiger partial charge is 0.324 e. The molecule has 2 aliphatic carbocycles. The average Bonchev–Trinajstić information content (AvgIpc) is 3.10. The zero-order valence-corrected chi connectivity index (χ0v) is 18.0. The Bertz CT molecular complexity index is 1230. The number of anilines is 2. The van der Waals surface area contributed by atoms with Gasteiger partial charge in [0.15, 0.2) is 5.75 Å². The van der Waals surface area contributed by atoms with E-state index >= 15 is 0 Å². The van der Waals surface area contributed by atoms with Gasteiger partial charge >= 0.3 is 6.01 Å². The van der Waals surface area contributed by atoms with Crippen LogP contribution in [0.15, 0.2) is 24.5 Å². The van der Waals surface area contributed by atoms with Crippen LogP contribution in [0.1, 0.15) is 29.9 Å². The van der Waals surface area contributed by atoms with Gasteiger partial charge in [0.05, 0.1) is 18.1 Å². The largest absolute Gasteiger partial charge is 0.421 e. The predicted octanol–water partition coefficient (Wildman–Crippen LogP) is 3.05. The number of benzene rings is 1. The molecule has 1 aliphatic heterocycles. The van der Waals surface area contributed by atoms with E-state index in [1.165, 1.54) is 6.07 Å². The molecule has 0 bridgehead atoms. The highest BCUT2D eigenvalue weighted by Gasteiger charge is 2.56. The number of hydrogen-bond acceptors (Lipinski definition) is 8. The van der Waals surface area contributed by atoms with Crippen LogP contribution in [0.3, 0.4) is 0 Å². The SMILES string of the molecule is CNc1cc(F)cc2c1Cc1nc(Oc3cnc(C)nc3)nc(N3CC[C@]4(C[C@@H]4N)C3)c1-2. The predicted molar refractivity (Wildman–Crippen MR) is 118 cm³/mol. The van der Waals surface area contributed by atoms with Gasteiger partial charge in [0, 0.05) is 49.3 Å². The van der Waals surface area contributed by atoms with Crippen LogP contribution < -0.4 is 20.7 Å². The van der Waals surface area contributed by atoms with E-state index in [2.05, 4.69) is 20.2 Å². The summed E-state index contributed by atoms with van der Waals surface area (Å²) in [6, 6.07) is 3.58. The lowest BCUT2D eigenvalue weighted by Crippen LogP contribution is -2.24. The number of nitrogens with two attached hydrogens (primary N) is 1. The van der Waals surface area contributed by atoms with E-state index in [1.807, 2.05) is 6.92 Å². The van der Waals surface area contributed by atoms with Crippen LogP contribution in [0.4, 0.5) is 15.9 Å². The van der Waals surface area contributed by atoms with Gasteiger partial charge in [-0.15, -0.1) is 0 Å². The Hall–Kier alpha value is -3.33. The molecule has 3 N–H and O–H groups in total. The third-order valence-corrected chi connectivity index (χ3v) is 6.95. The lowest BCUT2D eigenvalue weighted by molar-refractivity contribution is 0.435. The number of nitrogens with zero attached hydrogens (tertiary/aromatic N) is 5.